The lowest BCUT2D eigenvalue weighted by Crippen LogP contribution is -2.58. The Bertz CT molecular complexity index is 1000. The van der Waals surface area contributed by atoms with Crippen LogP contribution in [0.4, 0.5) is 4.79 Å². The molecule has 1 saturated carbocycles. The van der Waals surface area contributed by atoms with Gasteiger partial charge in [0.15, 0.2) is 0 Å². The minimum atomic E-state index is -0.651. The van der Waals surface area contributed by atoms with Gasteiger partial charge in [0.2, 0.25) is 0 Å². The molecule has 31 heavy (non-hydrogen) atoms. The predicted molar refractivity (Wildman–Crippen MR) is 117 cm³/mol. The topological polar surface area (TPSA) is 75.7 Å². The summed E-state index contributed by atoms with van der Waals surface area (Å²) in [6, 6.07) is 14.6. The van der Waals surface area contributed by atoms with E-state index in [1.165, 1.54) is 16.5 Å². The number of aryl methyl sites for hydroxylation is 1. The molecule has 6 nitrogen and oxygen atoms in total. The van der Waals surface area contributed by atoms with E-state index in [-0.39, 0.29) is 11.6 Å². The van der Waals surface area contributed by atoms with Crippen molar-refractivity contribution in [1.29, 1.82) is 0 Å². The summed E-state index contributed by atoms with van der Waals surface area (Å²) in [5.41, 5.74) is 2.96. The highest BCUT2D eigenvalue weighted by Gasteiger charge is 2.40. The van der Waals surface area contributed by atoms with Crippen LogP contribution in [0.5, 0.6) is 5.75 Å². The minimum absolute atomic E-state index is 0.0153. The summed E-state index contributed by atoms with van der Waals surface area (Å²) in [6.45, 7) is 2.50. The van der Waals surface area contributed by atoms with Crippen LogP contribution < -0.4 is 10.1 Å². The Balaban J connectivity index is 1.46. The third kappa shape index (κ3) is 4.85. The lowest BCUT2D eigenvalue weighted by atomic mass is 9.93. The van der Waals surface area contributed by atoms with E-state index in [4.69, 9.17) is 4.74 Å². The van der Waals surface area contributed by atoms with Gasteiger partial charge in [-0.15, -0.1) is 0 Å². The molecule has 6 heteroatoms. The predicted octanol–water partition coefficient (Wildman–Crippen LogP) is 4.37. The molecule has 2 fully saturated rings. The minimum Gasteiger partial charge on any atom is -0.489 e. The Morgan fingerprint density at radius 1 is 0.968 bits per heavy atom. The molecule has 0 spiro atoms. The maximum atomic E-state index is 13.0. The van der Waals surface area contributed by atoms with Crippen molar-refractivity contribution >= 4 is 23.9 Å². The van der Waals surface area contributed by atoms with E-state index in [9.17, 15) is 14.4 Å². The van der Waals surface area contributed by atoms with Crippen LogP contribution in [-0.4, -0.2) is 28.8 Å². The molecule has 1 N–H and O–H groups in total. The Labute approximate surface area is 181 Å². The van der Waals surface area contributed by atoms with E-state index in [2.05, 4.69) is 5.32 Å². The molecule has 0 unspecified atom stereocenters. The summed E-state index contributed by atoms with van der Waals surface area (Å²) < 4.78 is 5.81. The molecule has 4 rings (SSSR count). The second kappa shape index (κ2) is 9.16. The SMILES string of the molecule is Cc1ccc(COc2ccc(/C=C3\C(=O)NC(=O)N(C4CCCCC4)C3=O)cc2)cc1. The van der Waals surface area contributed by atoms with Crippen molar-refractivity contribution in [2.24, 2.45) is 0 Å². The Morgan fingerprint density at radius 3 is 2.32 bits per heavy atom. The normalized spacial score (nSPS) is 18.9. The van der Waals surface area contributed by atoms with Crippen LogP contribution in [0.1, 0.15) is 48.8 Å². The average Bonchev–Trinajstić information content (AvgIpc) is 2.78. The summed E-state index contributed by atoms with van der Waals surface area (Å²) in [4.78, 5) is 38.8. The van der Waals surface area contributed by atoms with Crippen molar-refractivity contribution in [2.75, 3.05) is 0 Å². The molecule has 2 aromatic rings. The number of imide groups is 2. The lowest BCUT2D eigenvalue weighted by Gasteiger charge is -2.35. The molecule has 1 saturated heterocycles. The molecule has 2 aliphatic rings. The molecule has 0 aromatic heterocycles. The number of amides is 4. The maximum Gasteiger partial charge on any atom is 0.331 e. The second-order valence-electron chi connectivity index (χ2n) is 8.13. The van der Waals surface area contributed by atoms with Gasteiger partial charge in [-0.3, -0.25) is 19.8 Å². The first-order valence-electron chi connectivity index (χ1n) is 10.7. The molecule has 160 valence electrons. The number of carbonyl (C=O) groups is 3. The van der Waals surface area contributed by atoms with Gasteiger partial charge in [0.05, 0.1) is 0 Å². The third-order valence-electron chi connectivity index (χ3n) is 5.79. The first-order chi connectivity index (χ1) is 15.0. The quantitative estimate of drug-likeness (QED) is 0.578. The molecular weight excluding hydrogens is 392 g/mol. The van der Waals surface area contributed by atoms with Crippen molar-refractivity contribution < 1.29 is 19.1 Å². The van der Waals surface area contributed by atoms with Gasteiger partial charge in [0, 0.05) is 6.04 Å². The molecule has 1 aliphatic heterocycles. The number of nitrogens with zero attached hydrogens (tertiary/aromatic N) is 1. The zero-order valence-electron chi connectivity index (χ0n) is 17.6. The fourth-order valence-corrected chi connectivity index (χ4v) is 4.02. The van der Waals surface area contributed by atoms with E-state index < -0.39 is 17.8 Å². The van der Waals surface area contributed by atoms with E-state index in [1.54, 1.807) is 24.3 Å². The number of hydrogen-bond acceptors (Lipinski definition) is 4. The lowest BCUT2D eigenvalue weighted by molar-refractivity contribution is -0.132. The molecular formula is C25H26N2O4. The number of hydrogen-bond donors (Lipinski definition) is 1. The zero-order valence-corrected chi connectivity index (χ0v) is 17.6. The first-order valence-corrected chi connectivity index (χ1v) is 10.7. The summed E-state index contributed by atoms with van der Waals surface area (Å²) in [5, 5.41) is 2.32. The summed E-state index contributed by atoms with van der Waals surface area (Å²) in [5.74, 6) is -0.469. The van der Waals surface area contributed by atoms with Gasteiger partial charge < -0.3 is 4.74 Å². The number of ether oxygens (including phenoxy) is 1. The summed E-state index contributed by atoms with van der Waals surface area (Å²) >= 11 is 0. The Kier molecular flexibility index (Phi) is 6.16. The third-order valence-corrected chi connectivity index (χ3v) is 5.79. The van der Waals surface area contributed by atoms with Crippen molar-refractivity contribution in [3.05, 3.63) is 70.8 Å². The van der Waals surface area contributed by atoms with E-state index in [0.717, 1.165) is 37.7 Å². The van der Waals surface area contributed by atoms with Crippen molar-refractivity contribution in [3.8, 4) is 5.75 Å². The Morgan fingerprint density at radius 2 is 1.65 bits per heavy atom. The Hall–Kier alpha value is -3.41. The number of nitrogens with one attached hydrogen (secondary N) is 1. The zero-order chi connectivity index (χ0) is 21.8. The first kappa shape index (κ1) is 20.8. The van der Waals surface area contributed by atoms with E-state index in [0.29, 0.717) is 17.9 Å². The number of barbiturate groups is 1. The fourth-order valence-electron chi connectivity index (χ4n) is 4.02. The largest absolute Gasteiger partial charge is 0.489 e. The number of rotatable bonds is 5. The van der Waals surface area contributed by atoms with Gasteiger partial charge in [-0.1, -0.05) is 61.2 Å². The van der Waals surface area contributed by atoms with E-state index >= 15 is 0 Å². The van der Waals surface area contributed by atoms with Gasteiger partial charge in [0.25, 0.3) is 11.8 Å². The molecule has 4 amide bonds. The highest BCUT2D eigenvalue weighted by molar-refractivity contribution is 6.31. The van der Waals surface area contributed by atoms with Crippen molar-refractivity contribution in [3.63, 3.8) is 0 Å². The number of carbonyl (C=O) groups excluding carboxylic acids is 3. The van der Waals surface area contributed by atoms with Crippen LogP contribution in [0.3, 0.4) is 0 Å². The average molecular weight is 418 g/mol. The molecule has 2 aromatic carbocycles. The van der Waals surface area contributed by atoms with Crippen LogP contribution in [0.25, 0.3) is 6.08 Å². The van der Waals surface area contributed by atoms with Gasteiger partial charge >= 0.3 is 6.03 Å². The molecule has 0 atom stereocenters. The number of urea groups is 1. The molecule has 1 aliphatic carbocycles. The molecule has 0 radical (unpaired) electrons. The summed E-state index contributed by atoms with van der Waals surface area (Å²) in [6.07, 6.45) is 6.18. The van der Waals surface area contributed by atoms with Gasteiger partial charge in [-0.05, 0) is 49.1 Å². The molecule has 0 bridgehead atoms. The van der Waals surface area contributed by atoms with Crippen molar-refractivity contribution in [1.82, 2.24) is 10.2 Å². The van der Waals surface area contributed by atoms with Gasteiger partial charge in [-0.25, -0.2) is 4.79 Å². The van der Waals surface area contributed by atoms with E-state index in [1.807, 2.05) is 31.2 Å². The fraction of sp³-hybridized carbons (Fsp3) is 0.320. The van der Waals surface area contributed by atoms with Crippen LogP contribution >= 0.6 is 0 Å². The van der Waals surface area contributed by atoms with Crippen LogP contribution in [-0.2, 0) is 16.2 Å². The second-order valence-corrected chi connectivity index (χ2v) is 8.13. The van der Waals surface area contributed by atoms with Crippen molar-refractivity contribution in [2.45, 2.75) is 51.7 Å². The van der Waals surface area contributed by atoms with Gasteiger partial charge in [0.1, 0.15) is 17.9 Å². The molecule has 1 heterocycles. The summed E-state index contributed by atoms with van der Waals surface area (Å²) in [7, 11) is 0. The maximum absolute atomic E-state index is 13.0. The monoisotopic (exact) mass is 418 g/mol. The van der Waals surface area contributed by atoms with Crippen LogP contribution in [0.15, 0.2) is 54.1 Å². The highest BCUT2D eigenvalue weighted by atomic mass is 16.5. The smallest absolute Gasteiger partial charge is 0.331 e. The van der Waals surface area contributed by atoms with Gasteiger partial charge in [-0.2, -0.15) is 0 Å². The standard InChI is InChI=1S/C25H26N2O4/c1-17-7-9-19(10-8-17)16-31-21-13-11-18(12-14-21)15-22-23(28)26-25(30)27(24(22)29)20-5-3-2-4-6-20/h7-15,20H,2-6,16H2,1H3,(H,26,28,30)/b22-15+. The van der Waals surface area contributed by atoms with Crippen LogP contribution in [0, 0.1) is 6.92 Å². The highest BCUT2D eigenvalue weighted by Crippen LogP contribution is 2.26. The van der Waals surface area contributed by atoms with Crippen LogP contribution in [0.2, 0.25) is 0 Å². The number of benzene rings is 2.